The predicted octanol–water partition coefficient (Wildman–Crippen LogP) is 2.38. The lowest BCUT2D eigenvalue weighted by molar-refractivity contribution is -0.144. The summed E-state index contributed by atoms with van der Waals surface area (Å²) in [5, 5.41) is 1.44. The number of hydrogen-bond acceptors (Lipinski definition) is 4. The average molecular weight is 359 g/mol. The Balaban J connectivity index is 1.32. The average Bonchev–Trinajstić information content (AvgIpc) is 3.27. The number of hydrogen-bond donors (Lipinski definition) is 1. The van der Waals surface area contributed by atoms with Gasteiger partial charge in [-0.1, -0.05) is 43.2 Å². The summed E-state index contributed by atoms with van der Waals surface area (Å²) in [6, 6.07) is 9.04. The second-order valence-electron chi connectivity index (χ2n) is 7.26. The number of fused-ring (bicyclic) bond motifs is 2. The van der Waals surface area contributed by atoms with Gasteiger partial charge in [-0.3, -0.25) is 14.5 Å². The summed E-state index contributed by atoms with van der Waals surface area (Å²) in [4.78, 5) is 38.1. The van der Waals surface area contributed by atoms with Crippen molar-refractivity contribution in [3.8, 4) is 0 Å². The lowest BCUT2D eigenvalue weighted by Gasteiger charge is -2.29. The third-order valence-electron chi connectivity index (χ3n) is 5.47. The summed E-state index contributed by atoms with van der Waals surface area (Å²) in [7, 11) is 0. The van der Waals surface area contributed by atoms with Gasteiger partial charge in [-0.2, -0.15) is 5.06 Å². The van der Waals surface area contributed by atoms with Crippen LogP contribution < -0.4 is 5.48 Å². The van der Waals surface area contributed by atoms with Crippen molar-refractivity contribution >= 4 is 11.9 Å². The molecule has 7 nitrogen and oxygen atoms in total. The number of nitrogens with zero attached hydrogens (tertiary/aromatic N) is 2. The van der Waals surface area contributed by atoms with E-state index in [9.17, 15) is 9.59 Å². The van der Waals surface area contributed by atoms with Crippen molar-refractivity contribution in [3.05, 3.63) is 35.9 Å². The van der Waals surface area contributed by atoms with E-state index in [1.54, 1.807) is 4.90 Å². The minimum absolute atomic E-state index is 0.00557. The zero-order valence-corrected chi connectivity index (χ0v) is 14.8. The molecule has 4 rings (SSSR count). The molecule has 7 heteroatoms. The molecule has 2 aliphatic heterocycles. The molecule has 3 amide bonds. The first-order valence-corrected chi connectivity index (χ1v) is 9.44. The van der Waals surface area contributed by atoms with E-state index in [4.69, 9.17) is 9.68 Å². The van der Waals surface area contributed by atoms with Crippen LogP contribution in [0.1, 0.15) is 44.1 Å². The highest BCUT2D eigenvalue weighted by atomic mass is 16.7. The molecule has 140 valence electrons. The highest BCUT2D eigenvalue weighted by Crippen LogP contribution is 2.30. The Kier molecular flexibility index (Phi) is 5.08. The molecule has 1 saturated carbocycles. The molecule has 3 fully saturated rings. The van der Waals surface area contributed by atoms with Crippen LogP contribution in [0.2, 0.25) is 0 Å². The number of benzene rings is 1. The van der Waals surface area contributed by atoms with Gasteiger partial charge in [0.15, 0.2) is 0 Å². The van der Waals surface area contributed by atoms with Gasteiger partial charge in [0.1, 0.15) is 12.6 Å². The van der Waals surface area contributed by atoms with Gasteiger partial charge in [-0.05, 0) is 31.2 Å². The van der Waals surface area contributed by atoms with Gasteiger partial charge < -0.3 is 4.90 Å². The maximum absolute atomic E-state index is 12.7. The Morgan fingerprint density at radius 1 is 1.12 bits per heavy atom. The van der Waals surface area contributed by atoms with Gasteiger partial charge in [-0.25, -0.2) is 10.3 Å². The molecule has 2 saturated heterocycles. The van der Waals surface area contributed by atoms with E-state index in [2.05, 4.69) is 5.48 Å². The summed E-state index contributed by atoms with van der Waals surface area (Å²) >= 11 is 0. The second-order valence-corrected chi connectivity index (χ2v) is 7.26. The van der Waals surface area contributed by atoms with Crippen molar-refractivity contribution in [2.75, 3.05) is 6.54 Å². The van der Waals surface area contributed by atoms with Crippen LogP contribution in [-0.4, -0.2) is 46.6 Å². The predicted molar refractivity (Wildman–Crippen MR) is 93.5 cm³/mol. The summed E-state index contributed by atoms with van der Waals surface area (Å²) < 4.78 is 0. The lowest BCUT2D eigenvalue weighted by atomic mass is 10.0. The summed E-state index contributed by atoms with van der Waals surface area (Å²) in [6.45, 7) is 0.869. The zero-order chi connectivity index (χ0) is 17.9. The van der Waals surface area contributed by atoms with Crippen LogP contribution in [0, 0.1) is 0 Å². The summed E-state index contributed by atoms with van der Waals surface area (Å²) in [5.74, 6) is -0.228. The van der Waals surface area contributed by atoms with E-state index < -0.39 is 6.04 Å². The number of rotatable bonds is 6. The Morgan fingerprint density at radius 2 is 1.88 bits per heavy atom. The SMILES string of the molecule is O=C(NOC1CCCC1)C1CC[C@@H]2CN1C(=O)N2OCc1ccccc1. The van der Waals surface area contributed by atoms with Gasteiger partial charge in [0.2, 0.25) is 0 Å². The molecule has 1 aromatic carbocycles. The van der Waals surface area contributed by atoms with Crippen LogP contribution in [0.25, 0.3) is 0 Å². The Morgan fingerprint density at radius 3 is 2.65 bits per heavy atom. The topological polar surface area (TPSA) is 71.1 Å². The molecule has 0 aromatic heterocycles. The van der Waals surface area contributed by atoms with Gasteiger partial charge in [-0.15, -0.1) is 0 Å². The molecule has 3 aliphatic rings. The molecule has 2 bridgehead atoms. The summed E-state index contributed by atoms with van der Waals surface area (Å²) in [6.07, 6.45) is 5.73. The minimum atomic E-state index is -0.481. The van der Waals surface area contributed by atoms with E-state index in [-0.39, 0.29) is 24.1 Å². The fourth-order valence-corrected chi connectivity index (χ4v) is 4.00. The van der Waals surface area contributed by atoms with Gasteiger partial charge in [0.25, 0.3) is 5.91 Å². The number of carbonyl (C=O) groups is 2. The monoisotopic (exact) mass is 359 g/mol. The molecule has 1 aliphatic carbocycles. The molecule has 0 radical (unpaired) electrons. The van der Waals surface area contributed by atoms with Crippen LogP contribution >= 0.6 is 0 Å². The van der Waals surface area contributed by atoms with Crippen LogP contribution in [0.5, 0.6) is 0 Å². The molecule has 2 atom stereocenters. The first-order valence-electron chi connectivity index (χ1n) is 9.44. The van der Waals surface area contributed by atoms with E-state index in [0.717, 1.165) is 37.7 Å². The van der Waals surface area contributed by atoms with Gasteiger partial charge in [0, 0.05) is 6.54 Å². The van der Waals surface area contributed by atoms with Crippen molar-refractivity contribution in [1.82, 2.24) is 15.4 Å². The molecule has 1 aromatic rings. The first kappa shape index (κ1) is 17.3. The number of hydroxylamine groups is 3. The molecule has 26 heavy (non-hydrogen) atoms. The third-order valence-corrected chi connectivity index (χ3v) is 5.47. The van der Waals surface area contributed by atoms with Gasteiger partial charge in [0.05, 0.1) is 12.1 Å². The number of carbonyl (C=O) groups excluding carboxylic acids is 2. The van der Waals surface area contributed by atoms with Crippen LogP contribution in [0.15, 0.2) is 30.3 Å². The largest absolute Gasteiger partial charge is 0.345 e. The molecular weight excluding hydrogens is 334 g/mol. The standard InChI is InChI=1S/C19H25N3O4/c23-18(20-26-16-8-4-5-9-16)17-11-10-15-12-21(17)19(24)22(15)25-13-14-6-2-1-3-7-14/h1-3,6-7,15-17H,4-5,8-13H2,(H,20,23)/t15-,17?/m1/s1. The molecule has 1 N–H and O–H groups in total. The van der Waals surface area contributed by atoms with Crippen molar-refractivity contribution in [2.24, 2.45) is 0 Å². The van der Waals surface area contributed by atoms with E-state index in [0.29, 0.717) is 19.6 Å². The van der Waals surface area contributed by atoms with E-state index in [1.165, 1.54) is 5.06 Å². The fourth-order valence-electron chi connectivity index (χ4n) is 4.00. The Labute approximate surface area is 153 Å². The Bertz CT molecular complexity index is 647. The van der Waals surface area contributed by atoms with E-state index >= 15 is 0 Å². The fraction of sp³-hybridized carbons (Fsp3) is 0.579. The molecular formula is C19H25N3O4. The number of amides is 3. The van der Waals surface area contributed by atoms with Crippen LogP contribution in [-0.2, 0) is 21.1 Å². The third kappa shape index (κ3) is 3.54. The highest BCUT2D eigenvalue weighted by Gasteiger charge is 2.48. The summed E-state index contributed by atoms with van der Waals surface area (Å²) in [5.41, 5.74) is 3.59. The van der Waals surface area contributed by atoms with Crippen LogP contribution in [0.3, 0.4) is 0 Å². The smallest absolute Gasteiger partial charge is 0.309 e. The number of urea groups is 1. The second kappa shape index (κ2) is 7.63. The van der Waals surface area contributed by atoms with Crippen molar-refractivity contribution in [1.29, 1.82) is 0 Å². The van der Waals surface area contributed by atoms with Crippen molar-refractivity contribution < 1.29 is 19.3 Å². The minimum Gasteiger partial charge on any atom is -0.309 e. The normalized spacial score (nSPS) is 25.8. The molecule has 0 spiro atoms. The number of nitrogens with one attached hydrogen (secondary N) is 1. The van der Waals surface area contributed by atoms with Crippen molar-refractivity contribution in [3.63, 3.8) is 0 Å². The molecule has 2 heterocycles. The van der Waals surface area contributed by atoms with E-state index in [1.807, 2.05) is 30.3 Å². The first-order chi connectivity index (χ1) is 12.7. The highest BCUT2D eigenvalue weighted by molar-refractivity contribution is 5.88. The zero-order valence-electron chi connectivity index (χ0n) is 14.8. The maximum atomic E-state index is 12.7. The maximum Gasteiger partial charge on any atom is 0.345 e. The van der Waals surface area contributed by atoms with Crippen LogP contribution in [0.4, 0.5) is 4.79 Å². The lowest BCUT2D eigenvalue weighted by Crippen LogP contribution is -2.50. The van der Waals surface area contributed by atoms with Gasteiger partial charge >= 0.3 is 6.03 Å². The quantitative estimate of drug-likeness (QED) is 0.792. The number of piperidine rings is 1. The van der Waals surface area contributed by atoms with Crippen molar-refractivity contribution in [2.45, 2.75) is 63.3 Å². The molecule has 1 unspecified atom stereocenters. The Hall–Kier alpha value is -2.12.